The van der Waals surface area contributed by atoms with Crippen LogP contribution in [0.4, 0.5) is 0 Å². The molecular weight excluding hydrogens is 196 g/mol. The molecule has 1 atom stereocenters. The predicted octanol–water partition coefficient (Wildman–Crippen LogP) is 5.11. The van der Waals surface area contributed by atoms with E-state index in [1.54, 1.807) is 0 Å². The molecule has 0 aliphatic carbocycles. The molecule has 1 heteroatoms. The van der Waals surface area contributed by atoms with E-state index >= 15 is 0 Å². The topological polar surface area (TPSA) is 9.23 Å². The quantitative estimate of drug-likeness (QED) is 0.351. The van der Waals surface area contributed by atoms with Gasteiger partial charge in [-0.2, -0.15) is 0 Å². The second kappa shape index (κ2) is 12.8. The summed E-state index contributed by atoms with van der Waals surface area (Å²) in [6.45, 7) is 7.45. The number of allylic oxidation sites excluding steroid dienone is 2. The van der Waals surface area contributed by atoms with Gasteiger partial charge in [0.05, 0.1) is 6.10 Å². The molecule has 0 aromatic heterocycles. The van der Waals surface area contributed by atoms with Crippen molar-refractivity contribution in [3.63, 3.8) is 0 Å². The Hall–Kier alpha value is -0.300. The van der Waals surface area contributed by atoms with Crippen LogP contribution in [0.5, 0.6) is 0 Å². The third-order valence-electron chi connectivity index (χ3n) is 2.80. The van der Waals surface area contributed by atoms with Crippen molar-refractivity contribution in [1.29, 1.82) is 0 Å². The van der Waals surface area contributed by atoms with E-state index in [4.69, 9.17) is 4.74 Å². The van der Waals surface area contributed by atoms with Gasteiger partial charge in [0.1, 0.15) is 0 Å². The summed E-state index contributed by atoms with van der Waals surface area (Å²) in [5.41, 5.74) is 0. The fraction of sp³-hybridized carbons (Fsp3) is 0.867. The molecular formula is C15H30O. The molecule has 0 saturated heterocycles. The van der Waals surface area contributed by atoms with Crippen LogP contribution in [-0.2, 0) is 4.74 Å². The highest BCUT2D eigenvalue weighted by Crippen LogP contribution is 2.13. The number of rotatable bonds is 11. The highest BCUT2D eigenvalue weighted by atomic mass is 16.5. The average molecular weight is 226 g/mol. The molecule has 0 aromatic rings. The first-order valence-corrected chi connectivity index (χ1v) is 7.07. The summed E-state index contributed by atoms with van der Waals surface area (Å²) in [6, 6.07) is 0. The van der Waals surface area contributed by atoms with Crippen LogP contribution in [0.1, 0.15) is 72.1 Å². The molecule has 0 radical (unpaired) electrons. The largest absolute Gasteiger partial charge is 0.378 e. The first-order chi connectivity index (χ1) is 7.85. The number of ether oxygens (including phenoxy) is 1. The molecule has 0 aliphatic heterocycles. The second-order valence-corrected chi connectivity index (χ2v) is 4.49. The predicted molar refractivity (Wildman–Crippen MR) is 72.8 cm³/mol. The number of hydrogen-bond donors (Lipinski definition) is 0. The molecule has 96 valence electrons. The fourth-order valence-electron chi connectivity index (χ4n) is 1.90. The van der Waals surface area contributed by atoms with E-state index in [0.717, 1.165) is 13.0 Å². The molecule has 0 fully saturated rings. The summed E-state index contributed by atoms with van der Waals surface area (Å²) in [7, 11) is 0. The summed E-state index contributed by atoms with van der Waals surface area (Å²) in [5, 5.41) is 0. The van der Waals surface area contributed by atoms with Crippen LogP contribution < -0.4 is 0 Å². The minimum atomic E-state index is 0.520. The van der Waals surface area contributed by atoms with Crippen LogP contribution in [0.15, 0.2) is 12.2 Å². The van der Waals surface area contributed by atoms with Crippen molar-refractivity contribution in [2.24, 2.45) is 0 Å². The van der Waals surface area contributed by atoms with Crippen LogP contribution in [-0.4, -0.2) is 12.7 Å². The van der Waals surface area contributed by atoms with Gasteiger partial charge >= 0.3 is 0 Å². The molecule has 1 nitrogen and oxygen atoms in total. The zero-order chi connectivity index (χ0) is 12.1. The Kier molecular flexibility index (Phi) is 12.5. The van der Waals surface area contributed by atoms with Gasteiger partial charge in [-0.3, -0.25) is 0 Å². The van der Waals surface area contributed by atoms with Crippen LogP contribution in [0, 0.1) is 0 Å². The Morgan fingerprint density at radius 2 is 1.81 bits per heavy atom. The summed E-state index contributed by atoms with van der Waals surface area (Å²) in [6.07, 6.45) is 15.0. The lowest BCUT2D eigenvalue weighted by atomic mass is 10.1. The van der Waals surface area contributed by atoms with Gasteiger partial charge in [0.2, 0.25) is 0 Å². The van der Waals surface area contributed by atoms with Crippen molar-refractivity contribution in [3.8, 4) is 0 Å². The highest BCUT2D eigenvalue weighted by Gasteiger charge is 2.06. The molecule has 0 N–H and O–H groups in total. The molecule has 0 spiro atoms. The smallest absolute Gasteiger partial charge is 0.0575 e. The molecule has 1 unspecified atom stereocenters. The Balaban J connectivity index is 3.43. The maximum Gasteiger partial charge on any atom is 0.0575 e. The lowest BCUT2D eigenvalue weighted by molar-refractivity contribution is 0.0399. The molecule has 0 rings (SSSR count). The first-order valence-electron chi connectivity index (χ1n) is 7.07. The number of hydrogen-bond acceptors (Lipinski definition) is 1. The first kappa shape index (κ1) is 15.7. The summed E-state index contributed by atoms with van der Waals surface area (Å²) < 4.78 is 5.85. The van der Waals surface area contributed by atoms with E-state index < -0.39 is 0 Å². The average Bonchev–Trinajstić information content (AvgIpc) is 2.30. The monoisotopic (exact) mass is 226 g/mol. The molecule has 0 bridgehead atoms. The fourth-order valence-corrected chi connectivity index (χ4v) is 1.90. The zero-order valence-corrected chi connectivity index (χ0v) is 11.5. The molecule has 0 heterocycles. The lowest BCUT2D eigenvalue weighted by Gasteiger charge is -2.16. The Bertz CT molecular complexity index is 152. The van der Waals surface area contributed by atoms with Crippen molar-refractivity contribution in [2.45, 2.75) is 78.2 Å². The maximum absolute atomic E-state index is 5.85. The molecule has 16 heavy (non-hydrogen) atoms. The zero-order valence-electron chi connectivity index (χ0n) is 11.5. The van der Waals surface area contributed by atoms with E-state index in [9.17, 15) is 0 Å². The molecule has 0 aliphatic rings. The van der Waals surface area contributed by atoms with Gasteiger partial charge in [-0.25, -0.2) is 0 Å². The summed E-state index contributed by atoms with van der Waals surface area (Å²) in [4.78, 5) is 0. The van der Waals surface area contributed by atoms with Crippen molar-refractivity contribution in [3.05, 3.63) is 12.2 Å². The van der Waals surface area contributed by atoms with Gasteiger partial charge in [0, 0.05) is 6.61 Å². The van der Waals surface area contributed by atoms with Gasteiger partial charge in [-0.15, -0.1) is 0 Å². The third kappa shape index (κ3) is 10.2. The summed E-state index contributed by atoms with van der Waals surface area (Å²) >= 11 is 0. The van der Waals surface area contributed by atoms with Gasteiger partial charge in [-0.1, -0.05) is 45.3 Å². The maximum atomic E-state index is 5.85. The van der Waals surface area contributed by atoms with Crippen LogP contribution in [0.25, 0.3) is 0 Å². The van der Waals surface area contributed by atoms with Crippen molar-refractivity contribution < 1.29 is 4.74 Å². The van der Waals surface area contributed by atoms with Gasteiger partial charge < -0.3 is 4.74 Å². The van der Waals surface area contributed by atoms with E-state index in [0.29, 0.717) is 6.10 Å². The van der Waals surface area contributed by atoms with Gasteiger partial charge in [0.15, 0.2) is 0 Å². The van der Waals surface area contributed by atoms with Crippen molar-refractivity contribution in [2.75, 3.05) is 6.61 Å². The third-order valence-corrected chi connectivity index (χ3v) is 2.80. The molecule has 0 aromatic carbocycles. The van der Waals surface area contributed by atoms with Crippen LogP contribution in [0.3, 0.4) is 0 Å². The highest BCUT2D eigenvalue weighted by molar-refractivity contribution is 4.76. The Labute approximate surface area is 102 Å². The molecule has 0 amide bonds. The van der Waals surface area contributed by atoms with Gasteiger partial charge in [-0.05, 0) is 39.0 Å². The van der Waals surface area contributed by atoms with E-state index in [1.165, 1.54) is 44.9 Å². The number of unbranched alkanes of at least 4 members (excludes halogenated alkanes) is 3. The minimum Gasteiger partial charge on any atom is -0.378 e. The van der Waals surface area contributed by atoms with E-state index in [1.807, 2.05) is 0 Å². The summed E-state index contributed by atoms with van der Waals surface area (Å²) in [5.74, 6) is 0. The van der Waals surface area contributed by atoms with Gasteiger partial charge in [0.25, 0.3) is 0 Å². The normalized spacial score (nSPS) is 13.4. The van der Waals surface area contributed by atoms with Crippen molar-refractivity contribution in [1.82, 2.24) is 0 Å². The molecule has 0 saturated carbocycles. The minimum absolute atomic E-state index is 0.520. The standard InChI is InChI=1S/C15H30O/c1-4-7-8-9-10-11-13-15(12-5-2)16-14-6-3/h4,7,15H,5-6,8-14H2,1-3H3/b7-4+. The van der Waals surface area contributed by atoms with E-state index in [2.05, 4.69) is 32.9 Å². The Morgan fingerprint density at radius 1 is 1.00 bits per heavy atom. The van der Waals surface area contributed by atoms with Crippen LogP contribution >= 0.6 is 0 Å². The van der Waals surface area contributed by atoms with Crippen LogP contribution in [0.2, 0.25) is 0 Å². The van der Waals surface area contributed by atoms with E-state index in [-0.39, 0.29) is 0 Å². The lowest BCUT2D eigenvalue weighted by Crippen LogP contribution is -2.13. The van der Waals surface area contributed by atoms with Crippen molar-refractivity contribution >= 4 is 0 Å². The second-order valence-electron chi connectivity index (χ2n) is 4.49. The SMILES string of the molecule is C/C=C/CCCCCC(CCC)OCCC. The Morgan fingerprint density at radius 3 is 2.44 bits per heavy atom.